The van der Waals surface area contributed by atoms with Gasteiger partial charge < -0.3 is 9.84 Å². The van der Waals surface area contributed by atoms with Crippen molar-refractivity contribution in [2.45, 2.75) is 55.4 Å². The van der Waals surface area contributed by atoms with Crippen LogP contribution in [0, 0.1) is 0 Å². The molecule has 1 N–H and O–H groups in total. The lowest BCUT2D eigenvalue weighted by Gasteiger charge is -2.14. The van der Waals surface area contributed by atoms with Gasteiger partial charge in [-0.3, -0.25) is 4.79 Å². The Balaban J connectivity index is 1.62. The lowest BCUT2D eigenvalue weighted by Crippen LogP contribution is -2.02. The molecule has 0 aliphatic heterocycles. The second-order valence-electron chi connectivity index (χ2n) is 6.44. The summed E-state index contributed by atoms with van der Waals surface area (Å²) in [4.78, 5) is 15.2. The van der Waals surface area contributed by atoms with Crippen molar-refractivity contribution < 1.29 is 14.6 Å². The minimum atomic E-state index is -0.815. The molecule has 0 atom stereocenters. The van der Waals surface area contributed by atoms with Gasteiger partial charge in [-0.05, 0) is 43.0 Å². The maximum Gasteiger partial charge on any atom is 0.303 e. The zero-order valence-electron chi connectivity index (χ0n) is 14.5. The standard InChI is InChI=1S/C20H22ClNO3S/c21-17-12-14(8-10-19(23)24)7-9-18(17)25-13-15-4-3-11-22-20(15)26-16-5-1-2-6-16/h3-4,7,9,11-12,16H,1-2,5-6,8,10,13H2,(H,23,24). The van der Waals surface area contributed by atoms with Crippen LogP contribution in [-0.2, 0) is 17.8 Å². The van der Waals surface area contributed by atoms with E-state index in [-0.39, 0.29) is 6.42 Å². The third-order valence-corrected chi connectivity index (χ3v) is 6.13. The number of halogens is 1. The number of hydrogen-bond donors (Lipinski definition) is 1. The number of ether oxygens (including phenoxy) is 1. The van der Waals surface area contributed by atoms with Crippen LogP contribution in [0.5, 0.6) is 5.75 Å². The number of aromatic nitrogens is 1. The molecule has 1 heterocycles. The van der Waals surface area contributed by atoms with Crippen LogP contribution in [0.2, 0.25) is 5.02 Å². The van der Waals surface area contributed by atoms with Gasteiger partial charge in [0, 0.05) is 23.4 Å². The van der Waals surface area contributed by atoms with Gasteiger partial charge in [0.25, 0.3) is 0 Å². The quantitative estimate of drug-likeness (QED) is 0.655. The van der Waals surface area contributed by atoms with Crippen molar-refractivity contribution in [2.24, 2.45) is 0 Å². The average Bonchev–Trinajstić information content (AvgIpc) is 3.13. The van der Waals surface area contributed by atoms with Crippen molar-refractivity contribution in [3.8, 4) is 5.75 Å². The summed E-state index contributed by atoms with van der Waals surface area (Å²) in [5, 5.41) is 11.0. The van der Waals surface area contributed by atoms with E-state index in [1.54, 1.807) is 12.1 Å². The molecular formula is C20H22ClNO3S. The highest BCUT2D eigenvalue weighted by Crippen LogP contribution is 2.35. The number of thioether (sulfide) groups is 1. The predicted octanol–water partition coefficient (Wildman–Crippen LogP) is 5.37. The monoisotopic (exact) mass is 391 g/mol. The number of nitrogens with zero attached hydrogens (tertiary/aromatic N) is 1. The summed E-state index contributed by atoms with van der Waals surface area (Å²) < 4.78 is 5.91. The molecule has 1 saturated carbocycles. The number of aryl methyl sites for hydroxylation is 1. The maximum absolute atomic E-state index is 10.7. The third kappa shape index (κ3) is 5.39. The summed E-state index contributed by atoms with van der Waals surface area (Å²) in [6.45, 7) is 0.414. The van der Waals surface area contributed by atoms with Crippen LogP contribution in [0.1, 0.15) is 43.2 Å². The van der Waals surface area contributed by atoms with Crippen molar-refractivity contribution in [3.63, 3.8) is 0 Å². The van der Waals surface area contributed by atoms with E-state index in [9.17, 15) is 4.79 Å². The molecule has 0 radical (unpaired) electrons. The third-order valence-electron chi connectivity index (χ3n) is 4.44. The first-order chi connectivity index (χ1) is 12.6. The van der Waals surface area contributed by atoms with E-state index >= 15 is 0 Å². The Bertz CT molecular complexity index is 762. The Morgan fingerprint density at radius 3 is 2.85 bits per heavy atom. The molecular weight excluding hydrogens is 370 g/mol. The minimum Gasteiger partial charge on any atom is -0.487 e. The molecule has 1 fully saturated rings. The van der Waals surface area contributed by atoms with Crippen LogP contribution in [0.15, 0.2) is 41.6 Å². The molecule has 1 aliphatic carbocycles. The second kappa shape index (κ2) is 9.28. The summed E-state index contributed by atoms with van der Waals surface area (Å²) in [6.07, 6.45) is 7.50. The zero-order chi connectivity index (χ0) is 18.4. The first kappa shape index (κ1) is 19.1. The van der Waals surface area contributed by atoms with E-state index in [4.69, 9.17) is 21.4 Å². The molecule has 2 aromatic rings. The van der Waals surface area contributed by atoms with Crippen molar-refractivity contribution in [1.29, 1.82) is 0 Å². The molecule has 0 amide bonds. The summed E-state index contributed by atoms with van der Waals surface area (Å²) in [6, 6.07) is 9.41. The molecule has 1 aliphatic rings. The predicted molar refractivity (Wildman–Crippen MR) is 104 cm³/mol. The number of benzene rings is 1. The van der Waals surface area contributed by atoms with Crippen LogP contribution in [0.3, 0.4) is 0 Å². The normalized spacial score (nSPS) is 14.5. The van der Waals surface area contributed by atoms with E-state index in [1.807, 2.05) is 36.2 Å². The molecule has 1 aromatic heterocycles. The van der Waals surface area contributed by atoms with Gasteiger partial charge in [-0.1, -0.05) is 36.6 Å². The SMILES string of the molecule is O=C(O)CCc1ccc(OCc2cccnc2SC2CCCC2)c(Cl)c1. The first-order valence-corrected chi connectivity index (χ1v) is 10.1. The van der Waals surface area contributed by atoms with Crippen molar-refractivity contribution in [2.75, 3.05) is 0 Å². The van der Waals surface area contributed by atoms with E-state index < -0.39 is 5.97 Å². The number of carboxylic acids is 1. The van der Waals surface area contributed by atoms with Gasteiger partial charge in [-0.25, -0.2) is 4.98 Å². The number of aliphatic carboxylic acids is 1. The van der Waals surface area contributed by atoms with Gasteiger partial charge >= 0.3 is 5.97 Å². The zero-order valence-corrected chi connectivity index (χ0v) is 16.1. The molecule has 3 rings (SSSR count). The molecule has 1 aromatic carbocycles. The first-order valence-electron chi connectivity index (χ1n) is 8.85. The van der Waals surface area contributed by atoms with Gasteiger partial charge in [0.05, 0.1) is 5.02 Å². The molecule has 138 valence electrons. The second-order valence-corrected chi connectivity index (χ2v) is 8.14. The molecule has 0 bridgehead atoms. The van der Waals surface area contributed by atoms with Crippen molar-refractivity contribution in [3.05, 3.63) is 52.7 Å². The minimum absolute atomic E-state index is 0.0912. The van der Waals surface area contributed by atoms with E-state index in [0.29, 0.717) is 29.0 Å². The highest BCUT2D eigenvalue weighted by Gasteiger charge is 2.18. The van der Waals surface area contributed by atoms with Gasteiger partial charge in [-0.15, -0.1) is 11.8 Å². The van der Waals surface area contributed by atoms with Crippen LogP contribution < -0.4 is 4.74 Å². The van der Waals surface area contributed by atoms with E-state index in [2.05, 4.69) is 4.98 Å². The summed E-state index contributed by atoms with van der Waals surface area (Å²) >= 11 is 8.14. The Morgan fingerprint density at radius 1 is 1.31 bits per heavy atom. The number of rotatable bonds is 8. The highest BCUT2D eigenvalue weighted by atomic mass is 35.5. The molecule has 4 nitrogen and oxygen atoms in total. The highest BCUT2D eigenvalue weighted by molar-refractivity contribution is 7.99. The van der Waals surface area contributed by atoms with Gasteiger partial charge in [-0.2, -0.15) is 0 Å². The van der Waals surface area contributed by atoms with Gasteiger partial charge in [0.15, 0.2) is 0 Å². The lowest BCUT2D eigenvalue weighted by molar-refractivity contribution is -0.136. The van der Waals surface area contributed by atoms with Gasteiger partial charge in [0.2, 0.25) is 0 Å². The molecule has 0 spiro atoms. The number of pyridine rings is 1. The number of hydrogen-bond acceptors (Lipinski definition) is 4. The van der Waals surface area contributed by atoms with Crippen LogP contribution in [0.4, 0.5) is 0 Å². The summed E-state index contributed by atoms with van der Waals surface area (Å²) in [5.41, 5.74) is 1.96. The van der Waals surface area contributed by atoms with E-state index in [1.165, 1.54) is 25.7 Å². The average molecular weight is 392 g/mol. The Labute approximate surface area is 162 Å². The topological polar surface area (TPSA) is 59.4 Å². The smallest absolute Gasteiger partial charge is 0.303 e. The number of carbonyl (C=O) groups is 1. The largest absolute Gasteiger partial charge is 0.487 e. The molecule has 0 unspecified atom stereocenters. The van der Waals surface area contributed by atoms with Crippen molar-refractivity contribution >= 4 is 29.3 Å². The summed E-state index contributed by atoms with van der Waals surface area (Å²) in [5.74, 6) is -0.211. The van der Waals surface area contributed by atoms with Crippen LogP contribution >= 0.6 is 23.4 Å². The van der Waals surface area contributed by atoms with Crippen molar-refractivity contribution in [1.82, 2.24) is 4.98 Å². The van der Waals surface area contributed by atoms with Gasteiger partial charge in [0.1, 0.15) is 17.4 Å². The fraction of sp³-hybridized carbons (Fsp3) is 0.400. The van der Waals surface area contributed by atoms with Crippen LogP contribution in [0.25, 0.3) is 0 Å². The maximum atomic E-state index is 10.7. The summed E-state index contributed by atoms with van der Waals surface area (Å²) in [7, 11) is 0. The Kier molecular flexibility index (Phi) is 6.80. The Hall–Kier alpha value is -1.72. The fourth-order valence-electron chi connectivity index (χ4n) is 3.03. The lowest BCUT2D eigenvalue weighted by atomic mass is 10.1. The molecule has 26 heavy (non-hydrogen) atoms. The Morgan fingerprint density at radius 2 is 2.12 bits per heavy atom. The molecule has 6 heteroatoms. The molecule has 0 saturated heterocycles. The van der Waals surface area contributed by atoms with Crippen LogP contribution in [-0.4, -0.2) is 21.3 Å². The fourth-order valence-corrected chi connectivity index (χ4v) is 4.57. The number of carboxylic acid groups (broad SMARTS) is 1. The van der Waals surface area contributed by atoms with E-state index in [0.717, 1.165) is 16.2 Å².